The third-order valence-electron chi connectivity index (χ3n) is 3.54. The molecule has 140 valence electrons. The lowest BCUT2D eigenvalue weighted by Gasteiger charge is -2.04. The van der Waals surface area contributed by atoms with Crippen LogP contribution in [0.3, 0.4) is 0 Å². The van der Waals surface area contributed by atoms with Crippen LogP contribution in [0.25, 0.3) is 11.5 Å². The molecule has 0 aliphatic heterocycles. The summed E-state index contributed by atoms with van der Waals surface area (Å²) in [6.07, 6.45) is 1.25. The van der Waals surface area contributed by atoms with E-state index in [1.807, 2.05) is 18.2 Å². The zero-order chi connectivity index (χ0) is 19.3. The number of aromatic nitrogens is 2. The van der Waals surface area contributed by atoms with Crippen molar-refractivity contribution in [1.82, 2.24) is 10.2 Å². The first kappa shape index (κ1) is 18.6. The molecule has 0 aliphatic rings. The number of nitrogens with one attached hydrogen (secondary N) is 1. The van der Waals surface area contributed by atoms with Gasteiger partial charge in [0.25, 0.3) is 0 Å². The van der Waals surface area contributed by atoms with E-state index in [1.165, 1.54) is 12.1 Å². The van der Waals surface area contributed by atoms with E-state index in [0.29, 0.717) is 11.3 Å². The van der Waals surface area contributed by atoms with Gasteiger partial charge in [-0.05, 0) is 36.4 Å². The number of para-hydroxylation sites is 1. The fraction of sp³-hybridized carbons (Fsp3) is 0.167. The van der Waals surface area contributed by atoms with E-state index in [0.717, 1.165) is 6.26 Å². The normalized spacial score (nSPS) is 11.1. The molecular formula is C18H17N3O5S. The van der Waals surface area contributed by atoms with Crippen LogP contribution >= 0.6 is 0 Å². The molecular weight excluding hydrogens is 370 g/mol. The second-order valence-electron chi connectivity index (χ2n) is 5.67. The van der Waals surface area contributed by atoms with E-state index in [9.17, 15) is 13.2 Å². The molecule has 1 amide bonds. The van der Waals surface area contributed by atoms with Crippen molar-refractivity contribution >= 4 is 21.8 Å². The Morgan fingerprint density at radius 1 is 1.07 bits per heavy atom. The summed E-state index contributed by atoms with van der Waals surface area (Å²) in [6.45, 7) is 0.212. The lowest BCUT2D eigenvalue weighted by molar-refractivity contribution is -0.116. The minimum atomic E-state index is -3.28. The number of sulfone groups is 1. The largest absolute Gasteiger partial charge is 0.493 e. The van der Waals surface area contributed by atoms with E-state index in [4.69, 9.17) is 9.15 Å². The van der Waals surface area contributed by atoms with Crippen molar-refractivity contribution in [2.75, 3.05) is 18.2 Å². The summed E-state index contributed by atoms with van der Waals surface area (Å²) in [4.78, 5) is 12.1. The highest BCUT2D eigenvalue weighted by Crippen LogP contribution is 2.21. The lowest BCUT2D eigenvalue weighted by atomic mass is 10.2. The molecule has 1 aromatic heterocycles. The van der Waals surface area contributed by atoms with E-state index < -0.39 is 9.84 Å². The van der Waals surface area contributed by atoms with Crippen LogP contribution in [0.4, 0.5) is 6.01 Å². The van der Waals surface area contributed by atoms with E-state index >= 15 is 0 Å². The van der Waals surface area contributed by atoms with Crippen molar-refractivity contribution in [3.8, 4) is 17.2 Å². The first-order valence-electron chi connectivity index (χ1n) is 8.03. The molecule has 1 heterocycles. The van der Waals surface area contributed by atoms with Gasteiger partial charge in [0.05, 0.1) is 17.9 Å². The summed E-state index contributed by atoms with van der Waals surface area (Å²) in [5.41, 5.74) is 0.544. The number of rotatable bonds is 7. The quantitative estimate of drug-likeness (QED) is 0.663. The van der Waals surface area contributed by atoms with Crippen LogP contribution in [0.2, 0.25) is 0 Å². The number of carbonyl (C=O) groups is 1. The fourth-order valence-corrected chi connectivity index (χ4v) is 2.83. The summed E-state index contributed by atoms with van der Waals surface area (Å²) in [7, 11) is -3.28. The second-order valence-corrected chi connectivity index (χ2v) is 7.68. The number of nitrogens with zero attached hydrogens (tertiary/aromatic N) is 2. The highest BCUT2D eigenvalue weighted by molar-refractivity contribution is 7.90. The zero-order valence-corrected chi connectivity index (χ0v) is 15.3. The van der Waals surface area contributed by atoms with Gasteiger partial charge >= 0.3 is 6.01 Å². The van der Waals surface area contributed by atoms with Gasteiger partial charge in [-0.3, -0.25) is 10.1 Å². The van der Waals surface area contributed by atoms with Crippen molar-refractivity contribution in [3.05, 3.63) is 54.6 Å². The predicted molar refractivity (Wildman–Crippen MR) is 98.0 cm³/mol. The van der Waals surface area contributed by atoms with Gasteiger partial charge in [-0.1, -0.05) is 23.3 Å². The van der Waals surface area contributed by atoms with Crippen LogP contribution < -0.4 is 10.1 Å². The maximum Gasteiger partial charge on any atom is 0.322 e. The summed E-state index contributed by atoms with van der Waals surface area (Å²) in [6, 6.07) is 15.2. The molecule has 0 saturated heterocycles. The number of ether oxygens (including phenoxy) is 1. The lowest BCUT2D eigenvalue weighted by Crippen LogP contribution is -2.15. The summed E-state index contributed by atoms with van der Waals surface area (Å²) in [5.74, 6) is 0.530. The molecule has 0 aliphatic carbocycles. The average Bonchev–Trinajstić information content (AvgIpc) is 3.10. The predicted octanol–water partition coefficient (Wildman–Crippen LogP) is 2.55. The molecule has 0 radical (unpaired) electrons. The Morgan fingerprint density at radius 3 is 2.44 bits per heavy atom. The van der Waals surface area contributed by atoms with Crippen molar-refractivity contribution in [2.24, 2.45) is 0 Å². The third-order valence-corrected chi connectivity index (χ3v) is 4.67. The maximum atomic E-state index is 11.9. The Hall–Kier alpha value is -3.20. The Bertz CT molecular complexity index is 1010. The molecule has 0 unspecified atom stereocenters. The molecule has 3 rings (SSSR count). The molecule has 1 N–H and O–H groups in total. The van der Waals surface area contributed by atoms with E-state index in [2.05, 4.69) is 15.5 Å². The van der Waals surface area contributed by atoms with Gasteiger partial charge in [0.1, 0.15) is 5.75 Å². The number of hydrogen-bond donors (Lipinski definition) is 1. The molecule has 0 fully saturated rings. The molecule has 8 nitrogen and oxygen atoms in total. The molecule has 0 saturated carbocycles. The van der Waals surface area contributed by atoms with Gasteiger partial charge in [-0.2, -0.15) is 0 Å². The van der Waals surface area contributed by atoms with Crippen molar-refractivity contribution < 1.29 is 22.4 Å². The zero-order valence-electron chi connectivity index (χ0n) is 14.5. The fourth-order valence-electron chi connectivity index (χ4n) is 2.20. The SMILES string of the molecule is CS(=O)(=O)c1ccc(-c2nnc(NC(=O)CCOc3ccccc3)o2)cc1. The smallest absolute Gasteiger partial charge is 0.322 e. The van der Waals surface area contributed by atoms with Crippen molar-refractivity contribution in [1.29, 1.82) is 0 Å². The topological polar surface area (TPSA) is 111 Å². The monoisotopic (exact) mass is 387 g/mol. The maximum absolute atomic E-state index is 11.9. The molecule has 27 heavy (non-hydrogen) atoms. The first-order chi connectivity index (χ1) is 12.9. The molecule has 0 bridgehead atoms. The first-order valence-corrected chi connectivity index (χ1v) is 9.93. The number of anilines is 1. The van der Waals surface area contributed by atoms with Gasteiger partial charge in [0.15, 0.2) is 9.84 Å². The van der Waals surface area contributed by atoms with Crippen molar-refractivity contribution in [2.45, 2.75) is 11.3 Å². The molecule has 9 heteroatoms. The van der Waals surface area contributed by atoms with Crippen LogP contribution in [0, 0.1) is 0 Å². The minimum absolute atomic E-state index is 0.0399. The number of carbonyl (C=O) groups excluding carboxylic acids is 1. The molecule has 3 aromatic rings. The highest BCUT2D eigenvalue weighted by Gasteiger charge is 2.13. The van der Waals surface area contributed by atoms with Gasteiger partial charge in [-0.25, -0.2) is 8.42 Å². The van der Waals surface area contributed by atoms with Crippen molar-refractivity contribution in [3.63, 3.8) is 0 Å². The van der Waals surface area contributed by atoms with Crippen LogP contribution in [0.15, 0.2) is 63.9 Å². The second kappa shape index (κ2) is 8.00. The van der Waals surface area contributed by atoms with Gasteiger partial charge in [0, 0.05) is 11.8 Å². The third kappa shape index (κ3) is 5.14. The number of amides is 1. The average molecular weight is 387 g/mol. The summed E-state index contributed by atoms with van der Waals surface area (Å²) in [5, 5.41) is 10.1. The molecule has 0 atom stereocenters. The number of hydrogen-bond acceptors (Lipinski definition) is 7. The Balaban J connectivity index is 1.55. The summed E-state index contributed by atoms with van der Waals surface area (Å²) >= 11 is 0. The van der Waals surface area contributed by atoms with Crippen LogP contribution in [0.5, 0.6) is 5.75 Å². The van der Waals surface area contributed by atoms with Crippen LogP contribution in [-0.4, -0.2) is 37.4 Å². The van der Waals surface area contributed by atoms with Crippen LogP contribution in [0.1, 0.15) is 6.42 Å². The standard InChI is InChI=1S/C18H17N3O5S/c1-27(23,24)15-9-7-13(8-10-15)17-20-21-18(26-17)19-16(22)11-12-25-14-5-3-2-4-6-14/h2-10H,11-12H2,1H3,(H,19,21,22). The number of benzene rings is 2. The molecule has 0 spiro atoms. The van der Waals surface area contributed by atoms with Crippen LogP contribution in [-0.2, 0) is 14.6 Å². The Labute approximate surface area is 156 Å². The minimum Gasteiger partial charge on any atom is -0.493 e. The Kier molecular flexibility index (Phi) is 5.51. The van der Waals surface area contributed by atoms with Gasteiger partial charge in [-0.15, -0.1) is 5.10 Å². The van der Waals surface area contributed by atoms with Gasteiger partial charge < -0.3 is 9.15 Å². The highest BCUT2D eigenvalue weighted by atomic mass is 32.2. The van der Waals surface area contributed by atoms with E-state index in [1.54, 1.807) is 24.3 Å². The Morgan fingerprint density at radius 2 is 1.78 bits per heavy atom. The summed E-state index contributed by atoms with van der Waals surface area (Å²) < 4.78 is 33.8. The van der Waals surface area contributed by atoms with E-state index in [-0.39, 0.29) is 35.7 Å². The van der Waals surface area contributed by atoms with Gasteiger partial charge in [0.2, 0.25) is 11.8 Å². The molecule has 2 aromatic carbocycles.